The summed E-state index contributed by atoms with van der Waals surface area (Å²) in [5.74, 6) is 23.8. The van der Waals surface area contributed by atoms with Gasteiger partial charge in [-0.2, -0.15) is 0 Å². The highest BCUT2D eigenvalue weighted by Gasteiger charge is 2.46. The van der Waals surface area contributed by atoms with Crippen molar-refractivity contribution in [3.63, 3.8) is 0 Å². The van der Waals surface area contributed by atoms with Crippen LogP contribution in [-0.4, -0.2) is 309 Å². The maximum Gasteiger partial charge on any atom is 0.519 e. The van der Waals surface area contributed by atoms with E-state index in [1.807, 2.05) is 14.1 Å². The van der Waals surface area contributed by atoms with E-state index in [9.17, 15) is 22.4 Å². The highest BCUT2D eigenvalue weighted by molar-refractivity contribution is 5.02. The van der Waals surface area contributed by atoms with E-state index in [-0.39, 0.29) is 23.7 Å². The van der Waals surface area contributed by atoms with Crippen molar-refractivity contribution >= 4 is 0 Å². The van der Waals surface area contributed by atoms with E-state index in [2.05, 4.69) is 305 Å². The molecule has 18 fully saturated rings. The van der Waals surface area contributed by atoms with Crippen LogP contribution in [0, 0.1) is 190 Å². The Hall–Kier alpha value is -1.87. The molecule has 18 saturated heterocycles. The molecular formula is C120H241F4N15O3. The van der Waals surface area contributed by atoms with Gasteiger partial charge in [-0.05, 0) is 396 Å². The zero-order valence-electron chi connectivity index (χ0n) is 100.0. The Morgan fingerprint density at radius 2 is 0.627 bits per heavy atom. The van der Waals surface area contributed by atoms with Gasteiger partial charge in [0.05, 0.1) is 6.54 Å². The van der Waals surface area contributed by atoms with Crippen molar-refractivity contribution in [2.75, 3.05) is 245 Å². The van der Waals surface area contributed by atoms with Gasteiger partial charge in [0, 0.05) is 122 Å². The molecule has 0 aromatic carbocycles. The fourth-order valence-electron chi connectivity index (χ4n) is 23.8. The third kappa shape index (κ3) is 50.8. The van der Waals surface area contributed by atoms with Crippen molar-refractivity contribution in [3.05, 3.63) is 22.1 Å². The van der Waals surface area contributed by atoms with Gasteiger partial charge in [0.2, 0.25) is 0 Å². The third-order valence-electron chi connectivity index (χ3n) is 36.5. The van der Waals surface area contributed by atoms with Gasteiger partial charge in [-0.3, -0.25) is 4.90 Å². The Kier molecular flexibility index (Phi) is 65.7. The topological polar surface area (TPSA) is 153 Å². The molecule has 18 aliphatic heterocycles. The number of alkyl halides is 4. The molecule has 1 aromatic rings. The minimum atomic E-state index is -0.606. The van der Waals surface area contributed by atoms with Gasteiger partial charge in [0.25, 0.3) is 0 Å². The Morgan fingerprint density at radius 1 is 0.289 bits per heavy atom. The summed E-state index contributed by atoms with van der Waals surface area (Å²) < 4.78 is 61.5. The first-order valence-electron chi connectivity index (χ1n) is 59.5. The maximum absolute atomic E-state index is 13.0. The van der Waals surface area contributed by atoms with E-state index in [0.717, 1.165) is 175 Å². The van der Waals surface area contributed by atoms with Gasteiger partial charge in [-0.15, -0.1) is 0 Å². The van der Waals surface area contributed by atoms with Crippen LogP contribution in [-0.2, 0) is 6.54 Å². The Labute approximate surface area is 876 Å². The number of likely N-dealkylation sites (tertiary alicyclic amines) is 6. The van der Waals surface area contributed by atoms with E-state index < -0.39 is 30.5 Å². The third-order valence-corrected chi connectivity index (χ3v) is 36.5. The summed E-state index contributed by atoms with van der Waals surface area (Å²) in [7, 11) is 10.6. The second kappa shape index (κ2) is 70.4. The highest BCUT2D eigenvalue weighted by atomic mass is 19.1. The summed E-state index contributed by atoms with van der Waals surface area (Å²) in [4.78, 5) is 29.8. The molecule has 7 N–H and O–H groups in total. The molecule has 142 heavy (non-hydrogen) atoms. The van der Waals surface area contributed by atoms with Crippen molar-refractivity contribution in [2.45, 2.75) is 329 Å². The molecule has 0 radical (unpaired) electrons. The monoisotopic (exact) mass is 2020 g/mol. The second-order valence-corrected chi connectivity index (χ2v) is 52.9. The van der Waals surface area contributed by atoms with Gasteiger partial charge < -0.3 is 80.4 Å². The van der Waals surface area contributed by atoms with Gasteiger partial charge >= 0.3 is 5.82 Å². The lowest BCUT2D eigenvalue weighted by Gasteiger charge is -2.46. The summed E-state index contributed by atoms with van der Waals surface area (Å²) >= 11 is 0. The number of piperidine rings is 6. The molecule has 18 nitrogen and oxygen atoms in total. The molecular weight excluding hydrogens is 1780 g/mol. The van der Waals surface area contributed by atoms with Crippen molar-refractivity contribution in [3.8, 4) is 0 Å². The van der Waals surface area contributed by atoms with Crippen LogP contribution in [0.5, 0.6) is 0 Å². The standard InChI is InChI=1S/C12H19NO3.C10H19N.C9H17N.2C8H16FN.4C8H17N.2C7H14FN.3C7H15N.C6H13N/c1-8(2)10-4-5-13(6-10)7-11-9(3)15-12(14)16-11;1-8(2)10-7-11-5-3-9(10)4-6-11;1-8(2)9-3-5-10(7-9)6-4-9;2*1-6(2)7-4-10(3)5-8(7)9;2*1-7(2)8-4-5-9(3)6-8;2*1-7(2)8-4-3-5-9-6-8;2*1-5(2)6-3-9-4-7(6)8;1-6(2)7-4-8(3)5-7;2*1-6(2)7-3-4-8-5-7;1-5(2)6-3-7-4-6/h8,10H,4-7H2,1-3H3;8-10H,3-7H2,1-2H3;8H,3-7H2,1-2H3;2*6-8H,4-5H2,1-3H3;2*7-8H,4-6H2,1-3H3;2*7-9H,3-6H2,1-2H3;2*5-7,9H,3-4H2,1-2H3;6-7H,4-5H2,1-3H3;2*6-8H,3-5H2,1-2H3;5-7H,3-4H2,1-2H3/t2*10-;;7-,8+;7-,8-;4*8-;6-,7+;6-,7-;;2*7-;/m10.01101001.10./s1. The number of aryl methyl sites for hydroxylation is 1. The van der Waals surface area contributed by atoms with E-state index in [4.69, 9.17) is 8.83 Å². The molecule has 0 spiro atoms. The lowest BCUT2D eigenvalue weighted by Crippen LogP contribution is -2.48. The number of hydrogen-bond donors (Lipinski definition) is 7. The predicted octanol–water partition coefficient (Wildman–Crippen LogP) is 22.3. The molecule has 1 aromatic heterocycles. The molecule has 0 saturated carbocycles. The van der Waals surface area contributed by atoms with Gasteiger partial charge in [-0.25, -0.2) is 22.4 Å². The second-order valence-electron chi connectivity index (χ2n) is 52.9. The fourth-order valence-corrected chi connectivity index (χ4v) is 23.8. The van der Waals surface area contributed by atoms with E-state index in [1.165, 1.54) is 227 Å². The van der Waals surface area contributed by atoms with Crippen molar-refractivity contribution < 1.29 is 26.4 Å². The van der Waals surface area contributed by atoms with E-state index >= 15 is 0 Å². The molecule has 19 heterocycles. The van der Waals surface area contributed by atoms with Crippen LogP contribution in [0.4, 0.5) is 17.6 Å². The van der Waals surface area contributed by atoms with Crippen LogP contribution < -0.4 is 43.0 Å². The van der Waals surface area contributed by atoms with Crippen LogP contribution >= 0.6 is 0 Å². The lowest BCUT2D eigenvalue weighted by molar-refractivity contribution is 0.0277. The first-order valence-corrected chi connectivity index (χ1v) is 59.5. The minimum absolute atomic E-state index is 0.255. The summed E-state index contributed by atoms with van der Waals surface area (Å²) in [6, 6.07) is 0. The highest BCUT2D eigenvalue weighted by Crippen LogP contribution is 2.46. The van der Waals surface area contributed by atoms with Crippen LogP contribution in [0.15, 0.2) is 13.6 Å². The normalized spacial score (nSPS) is 31.9. The van der Waals surface area contributed by atoms with Gasteiger partial charge in [0.15, 0.2) is 5.76 Å². The molecule has 0 unspecified atom stereocenters. The average Bonchev–Trinajstić information content (AvgIpc) is 1.62. The number of rotatable bonds is 17. The van der Waals surface area contributed by atoms with Gasteiger partial charge in [0.1, 0.15) is 30.4 Å². The number of nitrogens with one attached hydrogen (secondary N) is 7. The molecule has 19 rings (SSSR count). The van der Waals surface area contributed by atoms with Crippen LogP contribution in [0.1, 0.15) is 303 Å². The maximum atomic E-state index is 13.0. The largest absolute Gasteiger partial charge is 0.519 e. The summed E-state index contributed by atoms with van der Waals surface area (Å²) in [6.45, 7) is 107. The Morgan fingerprint density at radius 3 is 0.803 bits per heavy atom. The molecule has 0 aliphatic carbocycles. The summed E-state index contributed by atoms with van der Waals surface area (Å²) in [6.07, 6.45) is 15.9. The molecule has 4 bridgehead atoms. The number of halogens is 4. The molecule has 22 heteroatoms. The molecule has 0 amide bonds. The molecule has 18 aliphatic rings. The molecule has 16 atom stereocenters. The Bertz CT molecular complexity index is 3130. The average molecular weight is 2020 g/mol. The summed E-state index contributed by atoms with van der Waals surface area (Å²) in [5, 5.41) is 22.8. The van der Waals surface area contributed by atoms with Crippen molar-refractivity contribution in [1.29, 1.82) is 0 Å². The quantitative estimate of drug-likeness (QED) is 0.0740. The predicted molar refractivity (Wildman–Crippen MR) is 605 cm³/mol. The zero-order chi connectivity index (χ0) is 106. The minimum Gasteiger partial charge on any atom is -0.396 e. The van der Waals surface area contributed by atoms with Crippen molar-refractivity contribution in [1.82, 2.24) is 76.4 Å². The fraction of sp³-hybridized carbons (Fsp3) is 0.975. The van der Waals surface area contributed by atoms with Crippen LogP contribution in [0.2, 0.25) is 0 Å². The lowest BCUT2D eigenvalue weighted by atomic mass is 9.74. The zero-order valence-corrected chi connectivity index (χ0v) is 100.0. The molecule has 842 valence electrons. The smallest absolute Gasteiger partial charge is 0.396 e. The first kappa shape index (κ1) is 132. The van der Waals surface area contributed by atoms with Gasteiger partial charge in [-0.1, -0.05) is 208 Å². The summed E-state index contributed by atoms with van der Waals surface area (Å²) in [5.41, 5.74) is 0.736. The van der Waals surface area contributed by atoms with E-state index in [1.54, 1.807) is 6.92 Å². The SMILES string of the molecule is CC(C)C12CCN(CC1)C2.CC(C)C1CN(C)C1.CC(C)C1CNC1.CC(C)[C@@H]1CCCNC1.CC(C)[C@@H]1CCN(C)C1.CC(C)[C@@H]1CCNC1.CC(C)[C@@H]1CN(C)C[C@H]1F.CC(C)[C@@H]1CN2CCC1CC2.CC(C)[C@@H]1CNC[C@H]1F.CC(C)[C@H]1CCCNC1.CC(C)[C@H]1CCN(C)C1.CC(C)[C@H]1CCNC1.CC(C)[C@H]1CN(C)C[C@H]1F.CC(C)[C@H]1CNC[C@H]1F.Cc1oc(=O)oc1CN1CC[C@@H](C(C)C)C1. The Balaban J connectivity index is 0.000000319. The number of hydrogen-bond acceptors (Lipinski definition) is 18. The number of fused-ring (bicyclic) bond motifs is 5. The number of nitrogens with zero attached hydrogens (tertiary/aromatic N) is 8. The van der Waals surface area contributed by atoms with Crippen LogP contribution in [0.25, 0.3) is 0 Å². The first-order chi connectivity index (χ1) is 66.8. The van der Waals surface area contributed by atoms with E-state index in [0.29, 0.717) is 67.9 Å². The van der Waals surface area contributed by atoms with Crippen molar-refractivity contribution in [2.24, 2.45) is 183 Å². The van der Waals surface area contributed by atoms with Crippen LogP contribution in [0.3, 0.4) is 0 Å².